The molecule has 0 aliphatic rings. The normalized spacial score (nSPS) is 11.2. The van der Waals surface area contributed by atoms with E-state index in [4.69, 9.17) is 27.9 Å². The molecule has 6 heteroatoms. The van der Waals surface area contributed by atoms with Crippen molar-refractivity contribution in [2.24, 2.45) is 0 Å². The fourth-order valence-electron chi connectivity index (χ4n) is 2.82. The summed E-state index contributed by atoms with van der Waals surface area (Å²) in [5.41, 5.74) is 30.5. The van der Waals surface area contributed by atoms with Gasteiger partial charge in [-0.05, 0) is 35.9 Å². The fourth-order valence-corrected chi connectivity index (χ4v) is 2.82. The van der Waals surface area contributed by atoms with Crippen LogP contribution in [0.2, 0.25) is 0 Å². The van der Waals surface area contributed by atoms with Crippen LogP contribution in [0.4, 0.5) is 22.7 Å². The van der Waals surface area contributed by atoms with Crippen molar-refractivity contribution in [1.29, 1.82) is 0 Å². The zero-order chi connectivity index (χ0) is 16.8. The van der Waals surface area contributed by atoms with Gasteiger partial charge in [0.25, 0.3) is 0 Å². The second-order valence-corrected chi connectivity index (χ2v) is 5.68. The van der Waals surface area contributed by atoms with Crippen LogP contribution in [0, 0.1) is 0 Å². The number of hydrogen-bond donors (Lipinski definition) is 4. The number of anilines is 4. The Hall–Kier alpha value is -3.54. The van der Waals surface area contributed by atoms with Gasteiger partial charge >= 0.3 is 0 Å². The zero-order valence-corrected chi connectivity index (χ0v) is 12.8. The van der Waals surface area contributed by atoms with Crippen molar-refractivity contribution < 1.29 is 0 Å². The van der Waals surface area contributed by atoms with Crippen LogP contribution in [0.1, 0.15) is 0 Å². The van der Waals surface area contributed by atoms with E-state index in [1.807, 2.05) is 30.3 Å². The van der Waals surface area contributed by atoms with E-state index in [2.05, 4.69) is 4.98 Å². The molecule has 118 valence electrons. The first kappa shape index (κ1) is 14.1. The molecule has 0 bridgehead atoms. The molecular formula is C18H16N6. The number of aromatic nitrogens is 2. The highest BCUT2D eigenvalue weighted by Gasteiger charge is 2.15. The number of nitrogens with two attached hydrogens (primary N) is 4. The third-order valence-electron chi connectivity index (χ3n) is 4.08. The molecule has 0 aliphatic heterocycles. The van der Waals surface area contributed by atoms with Gasteiger partial charge in [0.1, 0.15) is 0 Å². The number of hydrogen-bond acceptors (Lipinski definition) is 6. The number of nitrogens with zero attached hydrogens (tertiary/aromatic N) is 2. The molecule has 6 nitrogen and oxygen atoms in total. The average molecular weight is 316 g/mol. The van der Waals surface area contributed by atoms with Crippen molar-refractivity contribution in [2.75, 3.05) is 22.9 Å². The first-order chi connectivity index (χ1) is 11.5. The van der Waals surface area contributed by atoms with Gasteiger partial charge in [-0.2, -0.15) is 0 Å². The Morgan fingerprint density at radius 2 is 1.33 bits per heavy atom. The molecule has 3 aromatic carbocycles. The summed E-state index contributed by atoms with van der Waals surface area (Å²) >= 11 is 0. The second-order valence-electron chi connectivity index (χ2n) is 5.68. The van der Waals surface area contributed by atoms with E-state index >= 15 is 0 Å². The second kappa shape index (κ2) is 4.99. The Morgan fingerprint density at radius 1 is 0.625 bits per heavy atom. The molecule has 1 heterocycles. The van der Waals surface area contributed by atoms with Gasteiger partial charge in [-0.25, -0.2) is 9.97 Å². The SMILES string of the molecule is Nc1ccc(-c2c(N)c(N)cc3nc4ccccc4nc23)cc1N. The van der Waals surface area contributed by atoms with E-state index in [-0.39, 0.29) is 0 Å². The Kier molecular flexibility index (Phi) is 2.93. The van der Waals surface area contributed by atoms with Gasteiger partial charge in [0, 0.05) is 5.56 Å². The van der Waals surface area contributed by atoms with Crippen LogP contribution in [0.15, 0.2) is 48.5 Å². The maximum atomic E-state index is 6.25. The summed E-state index contributed by atoms with van der Waals surface area (Å²) in [7, 11) is 0. The molecule has 8 N–H and O–H groups in total. The molecule has 0 atom stereocenters. The predicted octanol–water partition coefficient (Wildman–Crippen LogP) is 2.78. The zero-order valence-electron chi connectivity index (χ0n) is 12.8. The molecule has 0 saturated heterocycles. The van der Waals surface area contributed by atoms with Crippen LogP contribution < -0.4 is 22.9 Å². The number of benzene rings is 3. The summed E-state index contributed by atoms with van der Waals surface area (Å²) in [6.07, 6.45) is 0. The van der Waals surface area contributed by atoms with Crippen LogP contribution in [0.5, 0.6) is 0 Å². The van der Waals surface area contributed by atoms with Gasteiger partial charge in [0.05, 0.1) is 44.8 Å². The number of fused-ring (bicyclic) bond motifs is 2. The summed E-state index contributed by atoms with van der Waals surface area (Å²) in [6, 6.07) is 14.8. The highest BCUT2D eigenvalue weighted by atomic mass is 14.8. The quantitative estimate of drug-likeness (QED) is 0.315. The van der Waals surface area contributed by atoms with Gasteiger partial charge in [-0.1, -0.05) is 18.2 Å². The number of rotatable bonds is 1. The molecule has 24 heavy (non-hydrogen) atoms. The highest BCUT2D eigenvalue weighted by Crippen LogP contribution is 2.38. The largest absolute Gasteiger partial charge is 0.397 e. The molecule has 4 aromatic rings. The molecule has 0 spiro atoms. The smallest absolute Gasteiger partial charge is 0.0995 e. The summed E-state index contributed by atoms with van der Waals surface area (Å²) in [5.74, 6) is 0. The maximum Gasteiger partial charge on any atom is 0.0995 e. The molecule has 0 aliphatic carbocycles. The lowest BCUT2D eigenvalue weighted by Gasteiger charge is -2.13. The van der Waals surface area contributed by atoms with E-state index in [0.717, 1.165) is 22.2 Å². The Bertz CT molecular complexity index is 1100. The summed E-state index contributed by atoms with van der Waals surface area (Å²) in [6.45, 7) is 0. The summed E-state index contributed by atoms with van der Waals surface area (Å²) in [5, 5.41) is 0. The van der Waals surface area contributed by atoms with Gasteiger partial charge < -0.3 is 22.9 Å². The average Bonchev–Trinajstić information content (AvgIpc) is 2.57. The number of nitrogen functional groups attached to an aromatic ring is 4. The molecule has 0 unspecified atom stereocenters. The lowest BCUT2D eigenvalue weighted by molar-refractivity contribution is 1.39. The first-order valence-corrected chi connectivity index (χ1v) is 7.44. The van der Waals surface area contributed by atoms with E-state index in [1.165, 1.54) is 0 Å². The molecule has 4 rings (SSSR count). The van der Waals surface area contributed by atoms with E-state index in [9.17, 15) is 0 Å². The summed E-state index contributed by atoms with van der Waals surface area (Å²) in [4.78, 5) is 9.39. The topological polar surface area (TPSA) is 130 Å². The lowest BCUT2D eigenvalue weighted by atomic mass is 9.99. The highest BCUT2D eigenvalue weighted by molar-refractivity contribution is 6.05. The van der Waals surface area contributed by atoms with Crippen LogP contribution in [0.25, 0.3) is 33.2 Å². The standard InChI is InChI=1S/C18H16N6/c19-10-6-5-9(7-11(10)20)16-17(22)12(21)8-15-18(16)24-14-4-2-1-3-13(14)23-15/h1-8H,19-22H2. The van der Waals surface area contributed by atoms with Gasteiger partial charge in [-0.3, -0.25) is 0 Å². The van der Waals surface area contributed by atoms with Crippen molar-refractivity contribution in [3.8, 4) is 11.1 Å². The van der Waals surface area contributed by atoms with Crippen molar-refractivity contribution in [3.05, 3.63) is 48.5 Å². The minimum atomic E-state index is 0.455. The lowest BCUT2D eigenvalue weighted by Crippen LogP contribution is -2.02. The molecular weight excluding hydrogens is 300 g/mol. The molecule has 0 radical (unpaired) electrons. The monoisotopic (exact) mass is 316 g/mol. The Balaban J connectivity index is 2.13. The Labute approximate surface area is 138 Å². The van der Waals surface area contributed by atoms with Crippen LogP contribution >= 0.6 is 0 Å². The third kappa shape index (κ3) is 2.04. The van der Waals surface area contributed by atoms with Crippen LogP contribution in [-0.4, -0.2) is 9.97 Å². The van der Waals surface area contributed by atoms with Gasteiger partial charge in [0.2, 0.25) is 0 Å². The summed E-state index contributed by atoms with van der Waals surface area (Å²) < 4.78 is 0. The first-order valence-electron chi connectivity index (χ1n) is 7.44. The Morgan fingerprint density at radius 3 is 2.04 bits per heavy atom. The van der Waals surface area contributed by atoms with Crippen LogP contribution in [-0.2, 0) is 0 Å². The van der Waals surface area contributed by atoms with Crippen LogP contribution in [0.3, 0.4) is 0 Å². The van der Waals surface area contributed by atoms with Crippen molar-refractivity contribution in [3.63, 3.8) is 0 Å². The van der Waals surface area contributed by atoms with Gasteiger partial charge in [0.15, 0.2) is 0 Å². The minimum absolute atomic E-state index is 0.455. The molecule has 0 fully saturated rings. The van der Waals surface area contributed by atoms with Crippen molar-refractivity contribution >= 4 is 44.8 Å². The molecule has 0 saturated carbocycles. The minimum Gasteiger partial charge on any atom is -0.397 e. The van der Waals surface area contributed by atoms with Crippen molar-refractivity contribution in [2.45, 2.75) is 0 Å². The maximum absolute atomic E-state index is 6.25. The molecule has 0 amide bonds. The van der Waals surface area contributed by atoms with E-state index in [1.54, 1.807) is 18.2 Å². The van der Waals surface area contributed by atoms with Gasteiger partial charge in [-0.15, -0.1) is 0 Å². The predicted molar refractivity (Wildman–Crippen MR) is 100 cm³/mol. The number of para-hydroxylation sites is 2. The fraction of sp³-hybridized carbons (Fsp3) is 0. The van der Waals surface area contributed by atoms with Crippen molar-refractivity contribution in [1.82, 2.24) is 9.97 Å². The van der Waals surface area contributed by atoms with E-state index < -0.39 is 0 Å². The van der Waals surface area contributed by atoms with E-state index in [0.29, 0.717) is 33.8 Å². The molecule has 1 aromatic heterocycles. The third-order valence-corrected chi connectivity index (χ3v) is 4.08.